The van der Waals surface area contributed by atoms with Gasteiger partial charge in [0.05, 0.1) is 4.08 Å². The molecule has 0 spiro atoms. The van der Waals surface area contributed by atoms with Gasteiger partial charge >= 0.3 is 0 Å². The van der Waals surface area contributed by atoms with Gasteiger partial charge in [0.2, 0.25) is 0 Å². The maximum absolute atomic E-state index is 3.74. The van der Waals surface area contributed by atoms with Crippen LogP contribution in [-0.4, -0.2) is 15.6 Å². The first kappa shape index (κ1) is 11.5. The Balaban J connectivity index is 2.01. The van der Waals surface area contributed by atoms with Gasteiger partial charge in [-0.25, -0.2) is 0 Å². The van der Waals surface area contributed by atoms with E-state index in [2.05, 4.69) is 37.8 Å². The second kappa shape index (κ2) is 4.89. The molecule has 0 saturated carbocycles. The molecule has 15 heavy (non-hydrogen) atoms. The topological polar surface area (TPSA) is 0 Å². The zero-order chi connectivity index (χ0) is 10.7. The third-order valence-electron chi connectivity index (χ3n) is 2.06. The molecule has 1 unspecified atom stereocenters. The molecule has 1 aromatic rings. The van der Waals surface area contributed by atoms with E-state index in [0.29, 0.717) is 4.08 Å². The van der Waals surface area contributed by atoms with Crippen molar-refractivity contribution >= 4 is 35.3 Å². The molecule has 0 aliphatic carbocycles. The lowest BCUT2D eigenvalue weighted by atomic mass is 10.4. The fourth-order valence-corrected chi connectivity index (χ4v) is 3.93. The number of thioether (sulfide) groups is 3. The van der Waals surface area contributed by atoms with Crippen molar-refractivity contribution in [2.24, 2.45) is 0 Å². The van der Waals surface area contributed by atoms with E-state index in [0.717, 1.165) is 5.75 Å². The Morgan fingerprint density at radius 2 is 2.27 bits per heavy atom. The normalized spacial score (nSPS) is 23.8. The molecule has 0 amide bonds. The zero-order valence-electron chi connectivity index (χ0n) is 8.73. The summed E-state index contributed by atoms with van der Waals surface area (Å²) in [5, 5.41) is 0. The van der Waals surface area contributed by atoms with Gasteiger partial charge in [0.25, 0.3) is 0 Å². The predicted octanol–water partition coefficient (Wildman–Crippen LogP) is 4.52. The highest BCUT2D eigenvalue weighted by Gasteiger charge is 2.39. The van der Waals surface area contributed by atoms with Crippen molar-refractivity contribution in [1.29, 1.82) is 0 Å². The molecule has 0 bridgehead atoms. The monoisotopic (exact) mass is 254 g/mol. The summed E-state index contributed by atoms with van der Waals surface area (Å²) in [5.74, 6) is 2.27. The van der Waals surface area contributed by atoms with Gasteiger partial charge in [0, 0.05) is 21.3 Å². The van der Waals surface area contributed by atoms with Crippen LogP contribution in [0.3, 0.4) is 0 Å². The van der Waals surface area contributed by atoms with E-state index in [1.165, 1.54) is 15.5 Å². The largest absolute Gasteiger partial charge is 0.141 e. The van der Waals surface area contributed by atoms with E-state index < -0.39 is 0 Å². The lowest BCUT2D eigenvalue weighted by Crippen LogP contribution is -1.93. The number of rotatable bonds is 5. The molecule has 1 aliphatic rings. The first-order chi connectivity index (χ1) is 7.22. The Morgan fingerprint density at radius 1 is 1.53 bits per heavy atom. The van der Waals surface area contributed by atoms with E-state index in [-0.39, 0.29) is 0 Å². The molecule has 0 nitrogen and oxygen atoms in total. The van der Waals surface area contributed by atoms with Crippen LogP contribution in [0.4, 0.5) is 0 Å². The van der Waals surface area contributed by atoms with E-state index in [1.54, 1.807) is 0 Å². The highest BCUT2D eigenvalue weighted by atomic mass is 32.2. The van der Waals surface area contributed by atoms with E-state index in [9.17, 15) is 0 Å². The minimum absolute atomic E-state index is 0.446. The van der Waals surface area contributed by atoms with E-state index >= 15 is 0 Å². The zero-order valence-corrected chi connectivity index (χ0v) is 11.2. The van der Waals surface area contributed by atoms with Gasteiger partial charge in [-0.15, -0.1) is 41.9 Å². The predicted molar refractivity (Wildman–Crippen MR) is 74.1 cm³/mol. The van der Waals surface area contributed by atoms with Gasteiger partial charge in [0.1, 0.15) is 0 Å². The first-order valence-corrected chi connectivity index (χ1v) is 7.67. The minimum Gasteiger partial charge on any atom is -0.141 e. The van der Waals surface area contributed by atoms with Gasteiger partial charge in [-0.2, -0.15) is 0 Å². The highest BCUT2D eigenvalue weighted by molar-refractivity contribution is 8.24. The quantitative estimate of drug-likeness (QED) is 0.431. The van der Waals surface area contributed by atoms with Crippen LogP contribution < -0.4 is 0 Å². The molecule has 1 aliphatic heterocycles. The summed E-state index contributed by atoms with van der Waals surface area (Å²) in [6, 6.07) is 8.79. The SMILES string of the molecule is C=CCSc1cccc(SC2(C)CS2)c1. The standard InChI is InChI=1S/C12H14S3/c1-3-7-13-10-5-4-6-11(8-10)15-12(2)9-14-12/h3-6,8H,1,7,9H2,2H3. The van der Waals surface area contributed by atoms with Crippen molar-refractivity contribution in [3.63, 3.8) is 0 Å². The molecule has 0 N–H and O–H groups in total. The summed E-state index contributed by atoms with van der Waals surface area (Å²) in [7, 11) is 0. The molecule has 2 rings (SSSR count). The first-order valence-electron chi connectivity index (χ1n) is 4.89. The Hall–Kier alpha value is 0.01000. The van der Waals surface area contributed by atoms with Crippen LogP contribution in [0.2, 0.25) is 0 Å². The second-order valence-corrected chi connectivity index (χ2v) is 8.01. The van der Waals surface area contributed by atoms with Crippen LogP contribution in [-0.2, 0) is 0 Å². The van der Waals surface area contributed by atoms with Gasteiger partial charge in [-0.05, 0) is 25.1 Å². The Kier molecular flexibility index (Phi) is 3.75. The van der Waals surface area contributed by atoms with Crippen LogP contribution in [0, 0.1) is 0 Å². The smallest absolute Gasteiger partial charge is 0.0721 e. The average Bonchev–Trinajstić information content (AvgIpc) is 2.93. The molecule has 1 fully saturated rings. The van der Waals surface area contributed by atoms with Crippen LogP contribution in [0.1, 0.15) is 6.92 Å². The lowest BCUT2D eigenvalue weighted by Gasteiger charge is -2.07. The van der Waals surface area contributed by atoms with Crippen molar-refractivity contribution in [2.75, 3.05) is 11.5 Å². The third-order valence-corrected chi connectivity index (χ3v) is 6.03. The van der Waals surface area contributed by atoms with Crippen molar-refractivity contribution < 1.29 is 0 Å². The molecule has 3 heteroatoms. The average molecular weight is 254 g/mol. The third kappa shape index (κ3) is 3.51. The van der Waals surface area contributed by atoms with Gasteiger partial charge in [-0.3, -0.25) is 0 Å². The summed E-state index contributed by atoms with van der Waals surface area (Å²) < 4.78 is 0.446. The molecule has 1 aromatic carbocycles. The molecule has 1 saturated heterocycles. The maximum atomic E-state index is 3.74. The molecular weight excluding hydrogens is 240 g/mol. The summed E-state index contributed by atoms with van der Waals surface area (Å²) >= 11 is 5.86. The Morgan fingerprint density at radius 3 is 2.93 bits per heavy atom. The van der Waals surface area contributed by atoms with Crippen LogP contribution >= 0.6 is 35.3 Å². The summed E-state index contributed by atoms with van der Waals surface area (Å²) in [6.45, 7) is 6.05. The van der Waals surface area contributed by atoms with E-state index in [1.807, 2.05) is 41.4 Å². The Bertz CT molecular complexity index is 356. The molecule has 0 radical (unpaired) electrons. The second-order valence-electron chi connectivity index (χ2n) is 3.60. The van der Waals surface area contributed by atoms with E-state index in [4.69, 9.17) is 0 Å². The summed E-state index contributed by atoms with van der Waals surface area (Å²) in [5.41, 5.74) is 0. The summed E-state index contributed by atoms with van der Waals surface area (Å²) in [6.07, 6.45) is 1.95. The lowest BCUT2D eigenvalue weighted by molar-refractivity contribution is 1.15. The van der Waals surface area contributed by atoms with Gasteiger partial charge < -0.3 is 0 Å². The fourth-order valence-electron chi connectivity index (χ4n) is 1.19. The molecule has 80 valence electrons. The molecule has 0 aromatic heterocycles. The molecular formula is C12H14S3. The molecule has 1 heterocycles. The van der Waals surface area contributed by atoms with Crippen LogP contribution in [0.25, 0.3) is 0 Å². The van der Waals surface area contributed by atoms with Crippen LogP contribution in [0.5, 0.6) is 0 Å². The number of hydrogen-bond donors (Lipinski definition) is 0. The number of benzene rings is 1. The van der Waals surface area contributed by atoms with Gasteiger partial charge in [0.15, 0.2) is 0 Å². The summed E-state index contributed by atoms with van der Waals surface area (Å²) in [4.78, 5) is 2.73. The van der Waals surface area contributed by atoms with Crippen molar-refractivity contribution in [3.05, 3.63) is 36.9 Å². The van der Waals surface area contributed by atoms with Crippen molar-refractivity contribution in [2.45, 2.75) is 20.8 Å². The maximum Gasteiger partial charge on any atom is 0.0721 e. The number of hydrogen-bond acceptors (Lipinski definition) is 3. The Labute approximate surface area is 104 Å². The van der Waals surface area contributed by atoms with Crippen LogP contribution in [0.15, 0.2) is 46.7 Å². The van der Waals surface area contributed by atoms with Crippen molar-refractivity contribution in [1.82, 2.24) is 0 Å². The van der Waals surface area contributed by atoms with Gasteiger partial charge in [-0.1, -0.05) is 12.1 Å². The highest BCUT2D eigenvalue weighted by Crippen LogP contribution is 2.55. The van der Waals surface area contributed by atoms with Crippen molar-refractivity contribution in [3.8, 4) is 0 Å². The molecule has 1 atom stereocenters. The fraction of sp³-hybridized carbons (Fsp3) is 0.333. The minimum atomic E-state index is 0.446.